The van der Waals surface area contributed by atoms with Gasteiger partial charge in [0, 0.05) is 17.9 Å². The van der Waals surface area contributed by atoms with E-state index in [1.54, 1.807) is 18.2 Å². The standard InChI is InChI=1S/C19H25ClO4/c1-14-12-16(20)10-11-17(14)24-19(22)9-5-8-18(21)23-13-15-6-3-2-4-7-15/h10-12,15H,2-9,13H2,1H3. The summed E-state index contributed by atoms with van der Waals surface area (Å²) < 4.78 is 10.6. The first kappa shape index (κ1) is 18.8. The van der Waals surface area contributed by atoms with E-state index in [9.17, 15) is 9.59 Å². The minimum atomic E-state index is -0.347. The van der Waals surface area contributed by atoms with Gasteiger partial charge in [0.25, 0.3) is 0 Å². The molecule has 0 aromatic heterocycles. The Hall–Kier alpha value is -1.55. The van der Waals surface area contributed by atoms with E-state index in [4.69, 9.17) is 21.1 Å². The maximum absolute atomic E-state index is 11.8. The summed E-state index contributed by atoms with van der Waals surface area (Å²) in [7, 11) is 0. The minimum Gasteiger partial charge on any atom is -0.465 e. The molecular weight excluding hydrogens is 328 g/mol. The van der Waals surface area contributed by atoms with Crippen molar-refractivity contribution in [2.75, 3.05) is 6.61 Å². The number of carbonyl (C=O) groups excluding carboxylic acids is 2. The number of hydrogen-bond donors (Lipinski definition) is 0. The highest BCUT2D eigenvalue weighted by molar-refractivity contribution is 6.30. The Balaban J connectivity index is 1.62. The van der Waals surface area contributed by atoms with Crippen LogP contribution in [0.1, 0.15) is 56.9 Å². The molecule has 0 bridgehead atoms. The van der Waals surface area contributed by atoms with Crippen LogP contribution in [0.4, 0.5) is 0 Å². The molecule has 0 unspecified atom stereocenters. The van der Waals surface area contributed by atoms with Crippen LogP contribution in [0.15, 0.2) is 18.2 Å². The van der Waals surface area contributed by atoms with E-state index in [1.807, 2.05) is 6.92 Å². The summed E-state index contributed by atoms with van der Waals surface area (Å²) in [4.78, 5) is 23.6. The van der Waals surface area contributed by atoms with Crippen molar-refractivity contribution >= 4 is 23.5 Å². The van der Waals surface area contributed by atoms with Gasteiger partial charge in [-0.25, -0.2) is 0 Å². The molecule has 24 heavy (non-hydrogen) atoms. The van der Waals surface area contributed by atoms with Crippen molar-refractivity contribution in [2.45, 2.75) is 58.3 Å². The Bertz CT molecular complexity index is 564. The number of benzene rings is 1. The van der Waals surface area contributed by atoms with E-state index < -0.39 is 0 Å². The van der Waals surface area contributed by atoms with Crippen LogP contribution in [0.25, 0.3) is 0 Å². The third kappa shape index (κ3) is 6.52. The average molecular weight is 353 g/mol. The molecule has 0 atom stereocenters. The molecule has 1 aliphatic carbocycles. The van der Waals surface area contributed by atoms with Crippen molar-refractivity contribution in [1.82, 2.24) is 0 Å². The van der Waals surface area contributed by atoms with Gasteiger partial charge < -0.3 is 9.47 Å². The van der Waals surface area contributed by atoms with Crippen molar-refractivity contribution < 1.29 is 19.1 Å². The second kappa shape index (κ2) is 9.67. The maximum Gasteiger partial charge on any atom is 0.311 e. The lowest BCUT2D eigenvalue weighted by Crippen LogP contribution is -2.17. The third-order valence-electron chi connectivity index (χ3n) is 4.33. The molecule has 132 valence electrons. The number of carbonyl (C=O) groups is 2. The predicted molar refractivity (Wildman–Crippen MR) is 93.2 cm³/mol. The van der Waals surface area contributed by atoms with Gasteiger partial charge >= 0.3 is 11.9 Å². The monoisotopic (exact) mass is 352 g/mol. The van der Waals surface area contributed by atoms with E-state index in [-0.39, 0.29) is 24.8 Å². The van der Waals surface area contributed by atoms with Crippen molar-refractivity contribution in [3.8, 4) is 5.75 Å². The van der Waals surface area contributed by atoms with Crippen molar-refractivity contribution in [3.63, 3.8) is 0 Å². The highest BCUT2D eigenvalue weighted by atomic mass is 35.5. The fourth-order valence-electron chi connectivity index (χ4n) is 2.91. The van der Waals surface area contributed by atoms with E-state index in [0.29, 0.717) is 29.7 Å². The first-order valence-electron chi connectivity index (χ1n) is 8.67. The molecular formula is C19H25ClO4. The molecule has 0 amide bonds. The van der Waals surface area contributed by atoms with E-state index in [2.05, 4.69) is 0 Å². The average Bonchev–Trinajstić information content (AvgIpc) is 2.56. The zero-order valence-electron chi connectivity index (χ0n) is 14.2. The first-order chi connectivity index (χ1) is 11.5. The van der Waals surface area contributed by atoms with Crippen LogP contribution in [-0.2, 0) is 14.3 Å². The fraction of sp³-hybridized carbons (Fsp3) is 0.579. The van der Waals surface area contributed by atoms with Crippen LogP contribution in [0.5, 0.6) is 5.75 Å². The molecule has 2 rings (SSSR count). The summed E-state index contributed by atoms with van der Waals surface area (Å²) in [5.41, 5.74) is 0.808. The second-order valence-electron chi connectivity index (χ2n) is 6.42. The number of aryl methyl sites for hydroxylation is 1. The number of ether oxygens (including phenoxy) is 2. The zero-order chi connectivity index (χ0) is 17.4. The summed E-state index contributed by atoms with van der Waals surface area (Å²) >= 11 is 5.87. The third-order valence-corrected chi connectivity index (χ3v) is 4.56. The molecule has 4 nitrogen and oxygen atoms in total. The molecule has 0 aliphatic heterocycles. The quantitative estimate of drug-likeness (QED) is 0.520. The largest absolute Gasteiger partial charge is 0.465 e. The summed E-state index contributed by atoms with van der Waals surface area (Å²) in [6.07, 6.45) is 6.95. The van der Waals surface area contributed by atoms with Crippen LogP contribution in [0.3, 0.4) is 0 Å². The first-order valence-corrected chi connectivity index (χ1v) is 9.05. The van der Waals surface area contributed by atoms with Gasteiger partial charge in [-0.2, -0.15) is 0 Å². The lowest BCUT2D eigenvalue weighted by molar-refractivity contribution is -0.145. The molecule has 1 aromatic carbocycles. The highest BCUT2D eigenvalue weighted by Crippen LogP contribution is 2.24. The van der Waals surface area contributed by atoms with Gasteiger partial charge in [0.2, 0.25) is 0 Å². The van der Waals surface area contributed by atoms with E-state index >= 15 is 0 Å². The van der Waals surface area contributed by atoms with Gasteiger partial charge in [0.05, 0.1) is 6.61 Å². The predicted octanol–water partition coefficient (Wildman–Crippen LogP) is 4.85. The maximum atomic E-state index is 11.8. The number of hydrogen-bond acceptors (Lipinski definition) is 4. The van der Waals surface area contributed by atoms with Crippen LogP contribution < -0.4 is 4.74 Å². The SMILES string of the molecule is Cc1cc(Cl)ccc1OC(=O)CCCC(=O)OCC1CCCCC1. The van der Waals surface area contributed by atoms with Crippen LogP contribution in [0, 0.1) is 12.8 Å². The zero-order valence-corrected chi connectivity index (χ0v) is 14.9. The normalized spacial score (nSPS) is 15.1. The van der Waals surface area contributed by atoms with Gasteiger partial charge in [0.1, 0.15) is 5.75 Å². The number of rotatable bonds is 7. The Labute approximate surface area is 148 Å². The van der Waals surface area contributed by atoms with Crippen molar-refractivity contribution in [3.05, 3.63) is 28.8 Å². The number of halogens is 1. The minimum absolute atomic E-state index is 0.195. The molecule has 0 N–H and O–H groups in total. The molecule has 1 aliphatic rings. The lowest BCUT2D eigenvalue weighted by Gasteiger charge is -2.20. The van der Waals surface area contributed by atoms with Gasteiger partial charge in [0.15, 0.2) is 0 Å². The lowest BCUT2D eigenvalue weighted by atomic mass is 9.90. The summed E-state index contributed by atoms with van der Waals surface area (Å²) in [6.45, 7) is 2.35. The van der Waals surface area contributed by atoms with Crippen LogP contribution in [0.2, 0.25) is 5.02 Å². The Morgan fingerprint density at radius 1 is 1.12 bits per heavy atom. The summed E-state index contributed by atoms with van der Waals surface area (Å²) in [6, 6.07) is 5.10. The fourth-order valence-corrected chi connectivity index (χ4v) is 3.14. The van der Waals surface area contributed by atoms with Crippen LogP contribution >= 0.6 is 11.6 Å². The molecule has 5 heteroatoms. The molecule has 1 saturated carbocycles. The van der Waals surface area contributed by atoms with Gasteiger partial charge in [-0.05, 0) is 55.9 Å². The molecule has 0 radical (unpaired) electrons. The van der Waals surface area contributed by atoms with E-state index in [0.717, 1.165) is 18.4 Å². The Kier molecular flexibility index (Phi) is 7.57. The molecule has 1 fully saturated rings. The molecule has 0 saturated heterocycles. The molecule has 1 aromatic rings. The topological polar surface area (TPSA) is 52.6 Å². The van der Waals surface area contributed by atoms with Gasteiger partial charge in [-0.15, -0.1) is 0 Å². The Morgan fingerprint density at radius 2 is 1.83 bits per heavy atom. The summed E-state index contributed by atoms with van der Waals surface area (Å²) in [5, 5.41) is 0.605. The van der Waals surface area contributed by atoms with Crippen molar-refractivity contribution in [1.29, 1.82) is 0 Å². The van der Waals surface area contributed by atoms with Gasteiger partial charge in [-0.3, -0.25) is 9.59 Å². The number of esters is 2. The van der Waals surface area contributed by atoms with Crippen LogP contribution in [-0.4, -0.2) is 18.5 Å². The van der Waals surface area contributed by atoms with Crippen molar-refractivity contribution in [2.24, 2.45) is 5.92 Å². The van der Waals surface area contributed by atoms with E-state index in [1.165, 1.54) is 19.3 Å². The summed E-state index contributed by atoms with van der Waals surface area (Å²) in [5.74, 6) is 0.446. The second-order valence-corrected chi connectivity index (χ2v) is 6.86. The molecule has 0 spiro atoms. The van der Waals surface area contributed by atoms with Gasteiger partial charge in [-0.1, -0.05) is 30.9 Å². The smallest absolute Gasteiger partial charge is 0.311 e. The molecule has 0 heterocycles. The Morgan fingerprint density at radius 3 is 2.54 bits per heavy atom. The highest BCUT2D eigenvalue weighted by Gasteiger charge is 2.16.